The molecule has 0 heterocycles. The van der Waals surface area contributed by atoms with Crippen molar-refractivity contribution in [2.45, 2.75) is 62.8 Å². The first kappa shape index (κ1) is 38.9. The zero-order valence-electron chi connectivity index (χ0n) is 31.5. The molecular weight excluding hydrogens is 681 g/mol. The van der Waals surface area contributed by atoms with E-state index in [4.69, 9.17) is 0 Å². The highest BCUT2D eigenvalue weighted by Crippen LogP contribution is 2.37. The summed E-state index contributed by atoms with van der Waals surface area (Å²) in [5.74, 6) is -1.11. The Morgan fingerprint density at radius 3 is 0.873 bits per heavy atom. The molecule has 0 aliphatic carbocycles. The maximum Gasteiger partial charge on any atom is 0.235 e. The second kappa shape index (κ2) is 17.5. The van der Waals surface area contributed by atoms with Gasteiger partial charge >= 0.3 is 0 Å². The molecule has 0 saturated carbocycles. The second-order valence-electron chi connectivity index (χ2n) is 15.1. The number of hydrogen-bond donors (Lipinski definition) is 4. The van der Waals surface area contributed by atoms with Gasteiger partial charge in [0.1, 0.15) is 5.41 Å². The van der Waals surface area contributed by atoms with Crippen LogP contribution in [0.3, 0.4) is 0 Å². The fourth-order valence-corrected chi connectivity index (χ4v) is 7.40. The summed E-state index contributed by atoms with van der Waals surface area (Å²) >= 11 is 0. The van der Waals surface area contributed by atoms with E-state index in [1.54, 1.807) is 13.8 Å². The quantitative estimate of drug-likeness (QED) is 0.0756. The van der Waals surface area contributed by atoms with Crippen LogP contribution in [-0.2, 0) is 35.3 Å². The highest BCUT2D eigenvalue weighted by atomic mass is 16.3. The van der Waals surface area contributed by atoms with Crippen molar-refractivity contribution in [2.24, 2.45) is 5.41 Å². The molecule has 6 heteroatoms. The van der Waals surface area contributed by atoms with Crippen LogP contribution in [0.1, 0.15) is 59.3 Å². The molecule has 280 valence electrons. The molecule has 55 heavy (non-hydrogen) atoms. The van der Waals surface area contributed by atoms with Crippen molar-refractivity contribution in [2.75, 3.05) is 0 Å². The lowest BCUT2D eigenvalue weighted by molar-refractivity contribution is -0.145. The van der Waals surface area contributed by atoms with Gasteiger partial charge in [0.2, 0.25) is 11.8 Å². The van der Waals surface area contributed by atoms with Crippen LogP contribution in [0, 0.1) is 5.41 Å². The molecule has 6 rings (SSSR count). The molecule has 0 spiro atoms. The number of amides is 2. The number of rotatable bonds is 16. The topological polar surface area (TPSA) is 98.7 Å². The molecule has 6 nitrogen and oxygen atoms in total. The Labute approximate surface area is 324 Å². The number of carbonyl (C=O) groups is 2. The van der Waals surface area contributed by atoms with Gasteiger partial charge in [-0.1, -0.05) is 182 Å². The summed E-state index contributed by atoms with van der Waals surface area (Å²) in [7, 11) is 0. The van der Waals surface area contributed by atoms with Gasteiger partial charge in [0, 0.05) is 25.7 Å². The third kappa shape index (κ3) is 9.84. The van der Waals surface area contributed by atoms with Crippen LogP contribution in [-0.4, -0.2) is 33.2 Å². The van der Waals surface area contributed by atoms with E-state index in [1.807, 2.05) is 182 Å². The molecule has 0 bridgehead atoms. The predicted molar refractivity (Wildman–Crippen MR) is 219 cm³/mol. The maximum atomic E-state index is 14.6. The molecular formula is C49H50N2O4. The Balaban J connectivity index is 1.35. The minimum absolute atomic E-state index is 0.247. The van der Waals surface area contributed by atoms with E-state index in [0.29, 0.717) is 11.1 Å². The van der Waals surface area contributed by atoms with Crippen LogP contribution in [0.2, 0.25) is 0 Å². The average Bonchev–Trinajstić information content (AvgIpc) is 3.20. The summed E-state index contributed by atoms with van der Waals surface area (Å²) in [6.45, 7) is 3.17. The smallest absolute Gasteiger partial charge is 0.235 e. The minimum atomic E-state index is -1.62. The van der Waals surface area contributed by atoms with E-state index in [2.05, 4.69) is 10.6 Å². The lowest BCUT2D eigenvalue weighted by atomic mass is 9.77. The van der Waals surface area contributed by atoms with E-state index in [1.165, 1.54) is 0 Å². The summed E-state index contributed by atoms with van der Waals surface area (Å²) in [4.78, 5) is 29.3. The van der Waals surface area contributed by atoms with E-state index < -0.39 is 40.5 Å². The summed E-state index contributed by atoms with van der Waals surface area (Å²) < 4.78 is 0. The zero-order valence-corrected chi connectivity index (χ0v) is 31.5. The first-order valence-corrected chi connectivity index (χ1v) is 18.9. The van der Waals surface area contributed by atoms with Crippen molar-refractivity contribution in [1.29, 1.82) is 0 Å². The Kier molecular flexibility index (Phi) is 12.4. The molecule has 0 aliphatic rings. The highest BCUT2D eigenvalue weighted by Gasteiger charge is 2.46. The van der Waals surface area contributed by atoms with Gasteiger partial charge in [-0.3, -0.25) is 9.59 Å². The predicted octanol–water partition coefficient (Wildman–Crippen LogP) is 8.16. The molecule has 0 aromatic heterocycles. The first-order valence-electron chi connectivity index (χ1n) is 18.9. The first-order chi connectivity index (χ1) is 26.6. The Morgan fingerprint density at radius 2 is 0.636 bits per heavy atom. The van der Waals surface area contributed by atoms with Crippen LogP contribution in [0.5, 0.6) is 0 Å². The second-order valence-corrected chi connectivity index (χ2v) is 15.1. The Hall–Kier alpha value is -5.82. The van der Waals surface area contributed by atoms with Gasteiger partial charge in [-0.25, -0.2) is 0 Å². The summed E-state index contributed by atoms with van der Waals surface area (Å²) in [6.07, 6.45) is 0.989. The van der Waals surface area contributed by atoms with Gasteiger partial charge in [0.25, 0.3) is 0 Å². The van der Waals surface area contributed by atoms with Gasteiger partial charge in [-0.15, -0.1) is 0 Å². The molecule has 4 N–H and O–H groups in total. The summed E-state index contributed by atoms with van der Waals surface area (Å²) in [5.41, 5.74) is 0.484. The van der Waals surface area contributed by atoms with Crippen molar-refractivity contribution in [3.05, 3.63) is 215 Å². The number of hydrogen-bond acceptors (Lipinski definition) is 4. The van der Waals surface area contributed by atoms with Crippen molar-refractivity contribution in [3.8, 4) is 0 Å². The van der Waals surface area contributed by atoms with Crippen LogP contribution in [0.15, 0.2) is 182 Å². The Morgan fingerprint density at radius 1 is 0.418 bits per heavy atom. The van der Waals surface area contributed by atoms with Crippen molar-refractivity contribution in [3.63, 3.8) is 0 Å². The van der Waals surface area contributed by atoms with Gasteiger partial charge in [-0.05, 0) is 47.2 Å². The Bertz CT molecular complexity index is 1860. The number of benzene rings is 6. The van der Waals surface area contributed by atoms with Crippen LogP contribution < -0.4 is 10.6 Å². The molecule has 0 unspecified atom stereocenters. The van der Waals surface area contributed by atoms with Gasteiger partial charge in [0.05, 0.1) is 23.3 Å². The van der Waals surface area contributed by atoms with E-state index in [0.717, 1.165) is 22.3 Å². The van der Waals surface area contributed by atoms with Crippen molar-refractivity contribution >= 4 is 11.8 Å². The molecule has 6 aromatic carbocycles. The SMILES string of the molecule is CC(C)(C(=O)N[C@H](c1ccccc1)C(O)(Cc1ccccc1)Cc1ccccc1)C(=O)N[C@H](c1ccccc1)C(O)(Cc1ccccc1)Cc1ccccc1. The molecule has 6 aromatic rings. The van der Waals surface area contributed by atoms with Crippen molar-refractivity contribution in [1.82, 2.24) is 10.6 Å². The van der Waals surface area contributed by atoms with Crippen molar-refractivity contribution < 1.29 is 19.8 Å². The summed E-state index contributed by atoms with van der Waals surface area (Å²) in [5, 5.41) is 31.9. The minimum Gasteiger partial charge on any atom is -0.387 e. The zero-order chi connectivity index (χ0) is 38.7. The third-order valence-corrected chi connectivity index (χ3v) is 10.4. The van der Waals surface area contributed by atoms with Crippen LogP contribution >= 0.6 is 0 Å². The molecule has 2 amide bonds. The third-order valence-electron chi connectivity index (χ3n) is 10.4. The highest BCUT2D eigenvalue weighted by molar-refractivity contribution is 6.04. The number of carbonyl (C=O) groups excluding carboxylic acids is 2. The fourth-order valence-electron chi connectivity index (χ4n) is 7.40. The van der Waals surface area contributed by atoms with Gasteiger partial charge in [0.15, 0.2) is 0 Å². The summed E-state index contributed by atoms with van der Waals surface area (Å²) in [6, 6.07) is 56.0. The maximum absolute atomic E-state index is 14.6. The normalized spacial score (nSPS) is 13.0. The standard InChI is InChI=1S/C49H50N2O4/c1-47(2,45(52)50-43(41-29-17-7-18-30-41)48(54,33-37-21-9-3-10-22-37)34-38-23-11-4-12-24-38)46(53)51-44(42-31-19-8-20-32-42)49(55,35-39-25-13-5-14-26-39)36-40-27-15-6-16-28-40/h3-32,43-44,54-55H,33-36H2,1-2H3,(H,50,52)(H,51,53)/t43-,44-/m1/s1. The van der Waals surface area contributed by atoms with Gasteiger partial charge < -0.3 is 20.8 Å². The fraction of sp³-hybridized carbons (Fsp3) is 0.224. The largest absolute Gasteiger partial charge is 0.387 e. The van der Waals surface area contributed by atoms with Crippen LogP contribution in [0.4, 0.5) is 0 Å². The lowest BCUT2D eigenvalue weighted by Gasteiger charge is -2.41. The van der Waals surface area contributed by atoms with Gasteiger partial charge in [-0.2, -0.15) is 0 Å². The van der Waals surface area contributed by atoms with E-state index >= 15 is 0 Å². The van der Waals surface area contributed by atoms with Crippen LogP contribution in [0.25, 0.3) is 0 Å². The van der Waals surface area contributed by atoms with E-state index in [9.17, 15) is 19.8 Å². The average molecular weight is 731 g/mol. The molecule has 0 fully saturated rings. The number of aliphatic hydroxyl groups is 2. The molecule has 0 aliphatic heterocycles. The number of nitrogens with one attached hydrogen (secondary N) is 2. The molecule has 0 saturated heterocycles. The molecule has 0 radical (unpaired) electrons. The van der Waals surface area contributed by atoms with E-state index in [-0.39, 0.29) is 25.7 Å². The molecule has 2 atom stereocenters. The lowest BCUT2D eigenvalue weighted by Crippen LogP contribution is -2.57. The monoisotopic (exact) mass is 730 g/mol.